The second-order valence-corrected chi connectivity index (χ2v) is 10.3. The van der Waals surface area contributed by atoms with Crippen LogP contribution in [0.15, 0.2) is 16.2 Å². The second kappa shape index (κ2) is 11.3. The van der Waals surface area contributed by atoms with E-state index in [1.807, 2.05) is 4.57 Å². The lowest BCUT2D eigenvalue weighted by Gasteiger charge is -2.29. The molecule has 2 aliphatic rings. The number of aliphatic carboxylic acids is 1. The summed E-state index contributed by atoms with van der Waals surface area (Å²) in [4.78, 5) is 41.8. The lowest BCUT2D eigenvalue weighted by Crippen LogP contribution is -2.35. The Hall–Kier alpha value is -2.52. The number of fused-ring (bicyclic) bond motifs is 1. The first kappa shape index (κ1) is 24.6. The lowest BCUT2D eigenvalue weighted by atomic mass is 9.86. The smallest absolute Gasteiger partial charge is 0.309 e. The molecule has 1 amide bonds. The van der Waals surface area contributed by atoms with E-state index >= 15 is 0 Å². The predicted octanol–water partition coefficient (Wildman–Crippen LogP) is 4.05. The minimum Gasteiger partial charge on any atom is -0.481 e. The Labute approximate surface area is 203 Å². The van der Waals surface area contributed by atoms with Gasteiger partial charge in [-0.25, -0.2) is 4.98 Å². The predicted molar refractivity (Wildman–Crippen MR) is 131 cm³/mol. The van der Waals surface area contributed by atoms with Gasteiger partial charge < -0.3 is 14.4 Å². The maximum atomic E-state index is 13.6. The normalized spacial score (nSPS) is 20.7. The number of carboxylic acid groups (broad SMARTS) is 1. The zero-order chi connectivity index (χ0) is 24.1. The van der Waals surface area contributed by atoms with E-state index in [4.69, 9.17) is 9.84 Å². The van der Waals surface area contributed by atoms with Crippen LogP contribution >= 0.6 is 11.3 Å². The van der Waals surface area contributed by atoms with E-state index in [0.717, 1.165) is 86.8 Å². The SMILES string of the molecule is COC1CCC(Cn2c3c(cc(C(=O)Nc4nc(CC(=O)O)cs4)c2=O)CCCCCC3)CC1. The number of nitrogens with one attached hydrogen (secondary N) is 1. The molecule has 184 valence electrons. The van der Waals surface area contributed by atoms with Gasteiger partial charge in [-0.05, 0) is 68.9 Å². The average Bonchev–Trinajstić information content (AvgIpc) is 3.22. The number of methoxy groups -OCH3 is 1. The molecular formula is C25H33N3O5S. The third-order valence-corrected chi connectivity index (χ3v) is 7.82. The van der Waals surface area contributed by atoms with Gasteiger partial charge in [0.15, 0.2) is 5.13 Å². The van der Waals surface area contributed by atoms with Crippen LogP contribution in [0.4, 0.5) is 5.13 Å². The van der Waals surface area contributed by atoms with Gasteiger partial charge in [0.2, 0.25) is 0 Å². The number of aromatic nitrogens is 2. The third-order valence-electron chi connectivity index (χ3n) is 7.02. The zero-order valence-electron chi connectivity index (χ0n) is 19.7. The minimum atomic E-state index is -0.979. The van der Waals surface area contributed by atoms with Crippen molar-refractivity contribution < 1.29 is 19.4 Å². The van der Waals surface area contributed by atoms with Crippen LogP contribution in [0, 0.1) is 5.92 Å². The highest BCUT2D eigenvalue weighted by atomic mass is 32.1. The van der Waals surface area contributed by atoms with Gasteiger partial charge in [0.05, 0.1) is 18.2 Å². The summed E-state index contributed by atoms with van der Waals surface area (Å²) in [6.45, 7) is 0.638. The molecule has 2 aromatic heterocycles. The Balaban J connectivity index is 1.61. The molecule has 0 aliphatic heterocycles. The van der Waals surface area contributed by atoms with Crippen LogP contribution in [0.5, 0.6) is 0 Å². The number of carbonyl (C=O) groups is 2. The van der Waals surface area contributed by atoms with Gasteiger partial charge in [-0.3, -0.25) is 19.7 Å². The molecule has 8 nitrogen and oxygen atoms in total. The first-order chi connectivity index (χ1) is 16.4. The molecule has 0 aromatic carbocycles. The zero-order valence-corrected chi connectivity index (χ0v) is 20.5. The number of rotatable bonds is 7. The highest BCUT2D eigenvalue weighted by Crippen LogP contribution is 2.29. The molecule has 2 aliphatic carbocycles. The van der Waals surface area contributed by atoms with Gasteiger partial charge >= 0.3 is 5.97 Å². The van der Waals surface area contributed by atoms with Gasteiger partial charge in [0, 0.05) is 24.7 Å². The summed E-state index contributed by atoms with van der Waals surface area (Å²) in [6.07, 6.45) is 10.3. The van der Waals surface area contributed by atoms with Crippen LogP contribution in [0.2, 0.25) is 0 Å². The highest BCUT2D eigenvalue weighted by molar-refractivity contribution is 7.14. The minimum absolute atomic E-state index is 0.139. The molecule has 0 spiro atoms. The lowest BCUT2D eigenvalue weighted by molar-refractivity contribution is -0.136. The van der Waals surface area contributed by atoms with Crippen molar-refractivity contribution in [3.63, 3.8) is 0 Å². The molecule has 0 atom stereocenters. The number of thiazole rings is 1. The fourth-order valence-corrected chi connectivity index (χ4v) is 5.87. The van der Waals surface area contributed by atoms with Crippen LogP contribution in [0.25, 0.3) is 0 Å². The largest absolute Gasteiger partial charge is 0.481 e. The molecule has 2 N–H and O–H groups in total. The summed E-state index contributed by atoms with van der Waals surface area (Å²) in [6, 6.07) is 1.78. The highest BCUT2D eigenvalue weighted by Gasteiger charge is 2.25. The second-order valence-electron chi connectivity index (χ2n) is 9.41. The van der Waals surface area contributed by atoms with E-state index in [9.17, 15) is 14.4 Å². The molecule has 2 aromatic rings. The molecule has 1 saturated carbocycles. The van der Waals surface area contributed by atoms with Crippen LogP contribution in [-0.4, -0.2) is 39.7 Å². The van der Waals surface area contributed by atoms with E-state index in [1.54, 1.807) is 18.6 Å². The summed E-state index contributed by atoms with van der Waals surface area (Å²) in [5.41, 5.74) is 2.47. The number of pyridine rings is 1. The topological polar surface area (TPSA) is 111 Å². The molecule has 0 radical (unpaired) electrons. The Morgan fingerprint density at radius 2 is 1.91 bits per heavy atom. The van der Waals surface area contributed by atoms with Crippen LogP contribution < -0.4 is 10.9 Å². The number of anilines is 1. The monoisotopic (exact) mass is 487 g/mol. The van der Waals surface area contributed by atoms with E-state index in [1.165, 1.54) is 0 Å². The Morgan fingerprint density at radius 1 is 1.18 bits per heavy atom. The number of ether oxygens (including phenoxy) is 1. The van der Waals surface area contributed by atoms with Crippen molar-refractivity contribution in [1.82, 2.24) is 9.55 Å². The van der Waals surface area contributed by atoms with Gasteiger partial charge in [-0.2, -0.15) is 0 Å². The maximum absolute atomic E-state index is 13.6. The first-order valence-corrected chi connectivity index (χ1v) is 13.1. The summed E-state index contributed by atoms with van der Waals surface area (Å²) >= 11 is 1.16. The van der Waals surface area contributed by atoms with Crippen molar-refractivity contribution in [3.05, 3.63) is 44.3 Å². The van der Waals surface area contributed by atoms with Crippen LogP contribution in [-0.2, 0) is 35.3 Å². The van der Waals surface area contributed by atoms with Crippen molar-refractivity contribution in [2.75, 3.05) is 12.4 Å². The molecule has 0 saturated heterocycles. The van der Waals surface area contributed by atoms with E-state index in [-0.39, 0.29) is 17.5 Å². The number of hydrogen-bond donors (Lipinski definition) is 2. The Bertz CT molecular complexity index is 1080. The summed E-state index contributed by atoms with van der Waals surface area (Å²) in [5, 5.41) is 13.6. The van der Waals surface area contributed by atoms with E-state index in [2.05, 4.69) is 10.3 Å². The molecule has 0 bridgehead atoms. The van der Waals surface area contributed by atoms with Gasteiger partial charge in [0.1, 0.15) is 5.56 Å². The van der Waals surface area contributed by atoms with Gasteiger partial charge in [-0.1, -0.05) is 12.8 Å². The van der Waals surface area contributed by atoms with E-state index < -0.39 is 11.9 Å². The molecule has 1 fully saturated rings. The van der Waals surface area contributed by atoms with Crippen molar-refractivity contribution >= 4 is 28.3 Å². The van der Waals surface area contributed by atoms with Crippen molar-refractivity contribution in [1.29, 1.82) is 0 Å². The van der Waals surface area contributed by atoms with E-state index in [0.29, 0.717) is 29.4 Å². The molecular weight excluding hydrogens is 454 g/mol. The Kier molecular flexibility index (Phi) is 8.15. The molecule has 34 heavy (non-hydrogen) atoms. The van der Waals surface area contributed by atoms with Crippen LogP contribution in [0.1, 0.15) is 78.7 Å². The maximum Gasteiger partial charge on any atom is 0.309 e. The number of carbonyl (C=O) groups excluding carboxylic acids is 1. The molecule has 2 heterocycles. The van der Waals surface area contributed by atoms with Gasteiger partial charge in [0.25, 0.3) is 11.5 Å². The first-order valence-electron chi connectivity index (χ1n) is 12.2. The molecule has 9 heteroatoms. The average molecular weight is 488 g/mol. The molecule has 0 unspecified atom stereocenters. The summed E-state index contributed by atoms with van der Waals surface area (Å²) < 4.78 is 7.39. The van der Waals surface area contributed by atoms with Crippen molar-refractivity contribution in [2.45, 2.75) is 83.3 Å². The number of carboxylic acids is 1. The van der Waals surface area contributed by atoms with Crippen molar-refractivity contribution in [2.24, 2.45) is 5.92 Å². The number of amides is 1. The van der Waals surface area contributed by atoms with Crippen molar-refractivity contribution in [3.8, 4) is 0 Å². The number of hydrogen-bond acceptors (Lipinski definition) is 6. The standard InChI is InChI=1S/C25H33N3O5S/c1-33-19-10-8-16(9-11-19)14-28-21-7-5-3-2-4-6-17(21)12-20(24(28)32)23(31)27-25-26-18(15-34-25)13-22(29)30/h12,15-16,19H,2-11,13-14H2,1H3,(H,29,30)(H,26,27,31). The summed E-state index contributed by atoms with van der Waals surface area (Å²) in [5.74, 6) is -1.07. The molecule has 4 rings (SSSR count). The third kappa shape index (κ3) is 5.93. The fraction of sp³-hybridized carbons (Fsp3) is 0.600. The number of aryl methyl sites for hydroxylation is 1. The number of nitrogens with zero attached hydrogens (tertiary/aromatic N) is 2. The summed E-state index contributed by atoms with van der Waals surface area (Å²) in [7, 11) is 1.76. The quantitative estimate of drug-likeness (QED) is 0.610. The van der Waals surface area contributed by atoms with Gasteiger partial charge in [-0.15, -0.1) is 11.3 Å². The Morgan fingerprint density at radius 3 is 2.62 bits per heavy atom. The fourth-order valence-electron chi connectivity index (χ4n) is 5.16. The van der Waals surface area contributed by atoms with Crippen LogP contribution in [0.3, 0.4) is 0 Å².